The molecule has 1 heteroatoms. The molecular formula is C19H30O. The van der Waals surface area contributed by atoms with E-state index in [1.807, 2.05) is 64.1 Å². The first-order valence-electron chi connectivity index (χ1n) is 7.49. The number of methoxy groups -OCH3 is 1. The summed E-state index contributed by atoms with van der Waals surface area (Å²) in [6.07, 6.45) is 1.14. The van der Waals surface area contributed by atoms with E-state index in [4.69, 9.17) is 4.74 Å². The van der Waals surface area contributed by atoms with E-state index in [1.165, 1.54) is 5.56 Å². The zero-order valence-electron chi connectivity index (χ0n) is 13.9. The average molecular weight is 274 g/mol. The SMILES string of the molecule is CC.CC.CCc1ccccc1.COc1ccccc1. The Morgan fingerprint density at radius 2 is 1.10 bits per heavy atom. The highest BCUT2D eigenvalue weighted by molar-refractivity contribution is 5.20. The lowest BCUT2D eigenvalue weighted by molar-refractivity contribution is 0.415. The molecule has 0 aliphatic heterocycles. The van der Waals surface area contributed by atoms with Crippen molar-refractivity contribution in [3.8, 4) is 5.75 Å². The molecule has 20 heavy (non-hydrogen) atoms. The molecule has 0 spiro atoms. The van der Waals surface area contributed by atoms with Gasteiger partial charge in [-0.25, -0.2) is 0 Å². The van der Waals surface area contributed by atoms with Gasteiger partial charge in [-0.3, -0.25) is 0 Å². The molecule has 0 aliphatic rings. The molecule has 2 aromatic carbocycles. The van der Waals surface area contributed by atoms with Crippen molar-refractivity contribution in [2.24, 2.45) is 0 Å². The molecular weight excluding hydrogens is 244 g/mol. The highest BCUT2D eigenvalue weighted by Gasteiger charge is 1.80. The quantitative estimate of drug-likeness (QED) is 0.653. The second-order valence-electron chi connectivity index (χ2n) is 3.36. The summed E-state index contributed by atoms with van der Waals surface area (Å²) in [5.41, 5.74) is 1.41. The van der Waals surface area contributed by atoms with Crippen molar-refractivity contribution in [2.45, 2.75) is 41.0 Å². The minimum atomic E-state index is 0.910. The van der Waals surface area contributed by atoms with Gasteiger partial charge >= 0.3 is 0 Å². The van der Waals surface area contributed by atoms with Crippen LogP contribution in [0, 0.1) is 0 Å². The summed E-state index contributed by atoms with van der Waals surface area (Å²) in [7, 11) is 1.66. The van der Waals surface area contributed by atoms with Crippen molar-refractivity contribution in [2.75, 3.05) is 7.11 Å². The molecule has 0 bridgehead atoms. The Bertz CT molecular complexity index is 328. The fourth-order valence-electron chi connectivity index (χ4n) is 1.27. The Balaban J connectivity index is 0. The van der Waals surface area contributed by atoms with Gasteiger partial charge in [-0.15, -0.1) is 0 Å². The molecule has 0 heterocycles. The van der Waals surface area contributed by atoms with Gasteiger partial charge in [0.15, 0.2) is 0 Å². The van der Waals surface area contributed by atoms with Gasteiger partial charge in [0.1, 0.15) is 5.75 Å². The number of aryl methyl sites for hydroxylation is 1. The Hall–Kier alpha value is -1.76. The van der Waals surface area contributed by atoms with E-state index in [0.29, 0.717) is 0 Å². The fraction of sp³-hybridized carbons (Fsp3) is 0.368. The molecule has 0 atom stereocenters. The molecule has 0 N–H and O–H groups in total. The van der Waals surface area contributed by atoms with Crippen molar-refractivity contribution in [3.63, 3.8) is 0 Å². The fourth-order valence-corrected chi connectivity index (χ4v) is 1.27. The molecule has 1 nitrogen and oxygen atoms in total. The minimum Gasteiger partial charge on any atom is -0.497 e. The van der Waals surface area contributed by atoms with Gasteiger partial charge in [0.25, 0.3) is 0 Å². The van der Waals surface area contributed by atoms with Crippen molar-refractivity contribution in [1.82, 2.24) is 0 Å². The van der Waals surface area contributed by atoms with Crippen LogP contribution in [0.15, 0.2) is 60.7 Å². The monoisotopic (exact) mass is 274 g/mol. The zero-order chi connectivity index (χ0) is 15.6. The standard InChI is InChI=1S/C8H10.C7H8O.2C2H6/c1-2-8-6-4-3-5-7-8;1-8-7-5-3-2-4-6-7;2*1-2/h3-7H,2H2,1H3;2-6H,1H3;2*1-2H3. The summed E-state index contributed by atoms with van der Waals surface area (Å²) in [4.78, 5) is 0. The van der Waals surface area contributed by atoms with Crippen LogP contribution in [-0.2, 0) is 6.42 Å². The molecule has 112 valence electrons. The number of hydrogen-bond acceptors (Lipinski definition) is 1. The zero-order valence-corrected chi connectivity index (χ0v) is 13.9. The molecule has 0 saturated heterocycles. The Morgan fingerprint density at radius 1 is 0.700 bits per heavy atom. The molecule has 0 aliphatic carbocycles. The van der Waals surface area contributed by atoms with Crippen LogP contribution in [0.3, 0.4) is 0 Å². The Kier molecular flexibility index (Phi) is 17.7. The summed E-state index contributed by atoms with van der Waals surface area (Å²) >= 11 is 0. The molecule has 0 unspecified atom stereocenters. The van der Waals surface area contributed by atoms with E-state index in [1.54, 1.807) is 7.11 Å². The summed E-state index contributed by atoms with van der Waals surface area (Å²) in [6, 6.07) is 20.1. The maximum absolute atomic E-state index is 4.91. The van der Waals surface area contributed by atoms with Crippen LogP contribution < -0.4 is 4.74 Å². The van der Waals surface area contributed by atoms with Crippen LogP contribution in [0.2, 0.25) is 0 Å². The van der Waals surface area contributed by atoms with E-state index in [0.717, 1.165) is 12.2 Å². The highest BCUT2D eigenvalue weighted by Crippen LogP contribution is 2.05. The highest BCUT2D eigenvalue weighted by atomic mass is 16.5. The molecule has 2 rings (SSSR count). The van der Waals surface area contributed by atoms with Crippen LogP contribution in [0.25, 0.3) is 0 Å². The van der Waals surface area contributed by atoms with Gasteiger partial charge in [-0.1, -0.05) is 83.1 Å². The van der Waals surface area contributed by atoms with Crippen LogP contribution >= 0.6 is 0 Å². The van der Waals surface area contributed by atoms with Crippen molar-refractivity contribution >= 4 is 0 Å². The number of hydrogen-bond donors (Lipinski definition) is 0. The van der Waals surface area contributed by atoms with Gasteiger partial charge < -0.3 is 4.74 Å². The first-order valence-corrected chi connectivity index (χ1v) is 7.49. The topological polar surface area (TPSA) is 9.23 Å². The van der Waals surface area contributed by atoms with E-state index in [-0.39, 0.29) is 0 Å². The molecule has 0 amide bonds. The summed E-state index contributed by atoms with van der Waals surface area (Å²) < 4.78 is 4.91. The predicted molar refractivity (Wildman–Crippen MR) is 91.5 cm³/mol. The summed E-state index contributed by atoms with van der Waals surface area (Å²) in [5, 5.41) is 0. The first kappa shape index (κ1) is 20.6. The molecule has 0 radical (unpaired) electrons. The number of rotatable bonds is 2. The molecule has 0 aromatic heterocycles. The molecule has 0 fully saturated rings. The van der Waals surface area contributed by atoms with Crippen LogP contribution in [0.1, 0.15) is 40.2 Å². The lowest BCUT2D eigenvalue weighted by Gasteiger charge is -1.93. The Morgan fingerprint density at radius 3 is 1.35 bits per heavy atom. The van der Waals surface area contributed by atoms with Crippen molar-refractivity contribution in [1.29, 1.82) is 0 Å². The maximum Gasteiger partial charge on any atom is 0.118 e. The smallest absolute Gasteiger partial charge is 0.118 e. The third kappa shape index (κ3) is 11.3. The first-order chi connectivity index (χ1) is 9.86. The third-order valence-electron chi connectivity index (χ3n) is 2.23. The third-order valence-corrected chi connectivity index (χ3v) is 2.23. The average Bonchev–Trinajstić information content (AvgIpc) is 2.60. The lowest BCUT2D eigenvalue weighted by Crippen LogP contribution is -1.78. The van der Waals surface area contributed by atoms with Crippen LogP contribution in [-0.4, -0.2) is 7.11 Å². The lowest BCUT2D eigenvalue weighted by atomic mass is 10.2. The second-order valence-corrected chi connectivity index (χ2v) is 3.36. The van der Waals surface area contributed by atoms with Crippen LogP contribution in [0.5, 0.6) is 5.75 Å². The van der Waals surface area contributed by atoms with Gasteiger partial charge in [-0.05, 0) is 24.1 Å². The predicted octanol–water partition coefficient (Wildman–Crippen LogP) is 6.00. The van der Waals surface area contributed by atoms with Crippen molar-refractivity contribution in [3.05, 3.63) is 66.2 Å². The normalized spacial score (nSPS) is 7.70. The summed E-state index contributed by atoms with van der Waals surface area (Å²) in [5.74, 6) is 0.910. The van der Waals surface area contributed by atoms with E-state index >= 15 is 0 Å². The maximum atomic E-state index is 4.91. The summed E-state index contributed by atoms with van der Waals surface area (Å²) in [6.45, 7) is 10.2. The largest absolute Gasteiger partial charge is 0.497 e. The number of para-hydroxylation sites is 1. The molecule has 0 saturated carbocycles. The van der Waals surface area contributed by atoms with E-state index < -0.39 is 0 Å². The molecule has 2 aromatic rings. The van der Waals surface area contributed by atoms with E-state index in [9.17, 15) is 0 Å². The number of ether oxygens (including phenoxy) is 1. The number of benzene rings is 2. The van der Waals surface area contributed by atoms with Crippen LogP contribution in [0.4, 0.5) is 0 Å². The second kappa shape index (κ2) is 17.2. The van der Waals surface area contributed by atoms with Gasteiger partial charge in [-0.2, -0.15) is 0 Å². The van der Waals surface area contributed by atoms with Gasteiger partial charge in [0, 0.05) is 0 Å². The van der Waals surface area contributed by atoms with Gasteiger partial charge in [0.05, 0.1) is 7.11 Å². The minimum absolute atomic E-state index is 0.910. The van der Waals surface area contributed by atoms with E-state index in [2.05, 4.69) is 31.2 Å². The Labute approximate surface area is 125 Å². The van der Waals surface area contributed by atoms with Gasteiger partial charge in [0.2, 0.25) is 0 Å². The van der Waals surface area contributed by atoms with Crippen molar-refractivity contribution < 1.29 is 4.74 Å².